The van der Waals surface area contributed by atoms with Crippen molar-refractivity contribution in [3.63, 3.8) is 0 Å². The Morgan fingerprint density at radius 1 is 1.33 bits per heavy atom. The largest absolute Gasteiger partial charge is 0.481 e. The van der Waals surface area contributed by atoms with Crippen LogP contribution in [0.1, 0.15) is 23.5 Å². The molecule has 1 saturated heterocycles. The molecular formula is C14H15NO3. The van der Waals surface area contributed by atoms with Gasteiger partial charge in [-0.15, -0.1) is 0 Å². The van der Waals surface area contributed by atoms with Crippen LogP contribution in [0.4, 0.5) is 0 Å². The second-order valence-electron chi connectivity index (χ2n) is 5.14. The van der Waals surface area contributed by atoms with E-state index in [1.54, 1.807) is 4.90 Å². The number of carboxylic acids is 1. The van der Waals surface area contributed by atoms with Crippen molar-refractivity contribution in [2.75, 3.05) is 13.1 Å². The number of likely N-dealkylation sites (tertiary alicyclic amines) is 1. The number of amides is 1. The number of hydrogen-bond acceptors (Lipinski definition) is 2. The highest BCUT2D eigenvalue weighted by Crippen LogP contribution is 2.36. The summed E-state index contributed by atoms with van der Waals surface area (Å²) in [6, 6.07) is 8.24. The van der Waals surface area contributed by atoms with Crippen molar-refractivity contribution < 1.29 is 14.7 Å². The third-order valence-corrected chi connectivity index (χ3v) is 3.97. The van der Waals surface area contributed by atoms with Crippen LogP contribution in [0.2, 0.25) is 0 Å². The summed E-state index contributed by atoms with van der Waals surface area (Å²) in [6.07, 6.45) is 1.15. The molecule has 1 aliphatic heterocycles. The highest BCUT2D eigenvalue weighted by atomic mass is 16.4. The first-order valence-corrected chi connectivity index (χ1v) is 6.23. The average Bonchev–Trinajstić information content (AvgIpc) is 2.68. The maximum atomic E-state index is 11.7. The number of carbonyl (C=O) groups excluding carboxylic acids is 1. The lowest BCUT2D eigenvalue weighted by Gasteiger charge is -2.33. The van der Waals surface area contributed by atoms with Gasteiger partial charge in [0.2, 0.25) is 5.91 Å². The van der Waals surface area contributed by atoms with E-state index in [9.17, 15) is 9.59 Å². The molecule has 0 aromatic heterocycles. The fourth-order valence-electron chi connectivity index (χ4n) is 2.91. The van der Waals surface area contributed by atoms with Crippen molar-refractivity contribution in [2.24, 2.45) is 5.92 Å². The van der Waals surface area contributed by atoms with Crippen LogP contribution in [0.25, 0.3) is 0 Å². The SMILES string of the molecule is O=C(O)C1CC(=O)N(CC2Cc3ccccc32)C1. The van der Waals surface area contributed by atoms with Gasteiger partial charge >= 0.3 is 5.97 Å². The van der Waals surface area contributed by atoms with Crippen LogP contribution >= 0.6 is 0 Å². The molecule has 1 amide bonds. The standard InChI is InChI=1S/C14H15NO3/c16-13-6-11(14(17)18)8-15(13)7-10-5-9-3-1-2-4-12(9)10/h1-4,10-11H,5-8H2,(H,17,18). The number of nitrogens with zero attached hydrogens (tertiary/aromatic N) is 1. The molecule has 1 heterocycles. The topological polar surface area (TPSA) is 57.6 Å². The van der Waals surface area contributed by atoms with Gasteiger partial charge in [0.25, 0.3) is 0 Å². The van der Waals surface area contributed by atoms with E-state index in [-0.39, 0.29) is 12.3 Å². The fraction of sp³-hybridized carbons (Fsp3) is 0.429. The Morgan fingerprint density at radius 2 is 2.11 bits per heavy atom. The zero-order chi connectivity index (χ0) is 12.7. The molecule has 1 N–H and O–H groups in total. The van der Waals surface area contributed by atoms with Gasteiger partial charge in [-0.25, -0.2) is 0 Å². The lowest BCUT2D eigenvalue weighted by Crippen LogP contribution is -2.34. The van der Waals surface area contributed by atoms with Crippen molar-refractivity contribution in [1.29, 1.82) is 0 Å². The van der Waals surface area contributed by atoms with E-state index in [1.165, 1.54) is 11.1 Å². The third kappa shape index (κ3) is 1.78. The van der Waals surface area contributed by atoms with Crippen molar-refractivity contribution in [3.05, 3.63) is 35.4 Å². The Bertz CT molecular complexity index is 512. The van der Waals surface area contributed by atoms with E-state index in [4.69, 9.17) is 5.11 Å². The van der Waals surface area contributed by atoms with Crippen molar-refractivity contribution in [2.45, 2.75) is 18.8 Å². The van der Waals surface area contributed by atoms with E-state index >= 15 is 0 Å². The third-order valence-electron chi connectivity index (χ3n) is 3.97. The number of aliphatic carboxylic acids is 1. The summed E-state index contributed by atoms with van der Waals surface area (Å²) in [5.74, 6) is -1.02. The van der Waals surface area contributed by atoms with Crippen LogP contribution in [-0.2, 0) is 16.0 Å². The summed E-state index contributed by atoms with van der Waals surface area (Å²) in [7, 11) is 0. The first kappa shape index (κ1) is 11.3. The summed E-state index contributed by atoms with van der Waals surface area (Å²) >= 11 is 0. The quantitative estimate of drug-likeness (QED) is 0.872. The van der Waals surface area contributed by atoms with Gasteiger partial charge in [0, 0.05) is 25.4 Å². The second kappa shape index (κ2) is 4.12. The molecule has 1 fully saturated rings. The minimum atomic E-state index is -0.861. The minimum Gasteiger partial charge on any atom is -0.481 e. The van der Waals surface area contributed by atoms with Gasteiger partial charge in [0.15, 0.2) is 0 Å². The molecule has 0 radical (unpaired) electrons. The second-order valence-corrected chi connectivity index (χ2v) is 5.14. The Kier molecular flexibility index (Phi) is 2.58. The summed E-state index contributed by atoms with van der Waals surface area (Å²) in [6.45, 7) is 1.03. The lowest BCUT2D eigenvalue weighted by atomic mass is 9.77. The average molecular weight is 245 g/mol. The number of carbonyl (C=O) groups is 2. The molecule has 18 heavy (non-hydrogen) atoms. The Labute approximate surface area is 105 Å². The molecule has 4 nitrogen and oxygen atoms in total. The van der Waals surface area contributed by atoms with Crippen LogP contribution in [-0.4, -0.2) is 35.0 Å². The highest BCUT2D eigenvalue weighted by molar-refractivity contribution is 5.86. The van der Waals surface area contributed by atoms with Gasteiger partial charge in [-0.2, -0.15) is 0 Å². The van der Waals surface area contributed by atoms with Crippen LogP contribution in [0.5, 0.6) is 0 Å². The normalized spacial score (nSPS) is 25.8. The first-order valence-electron chi connectivity index (χ1n) is 6.23. The van der Waals surface area contributed by atoms with E-state index in [0.29, 0.717) is 19.0 Å². The number of carboxylic acid groups (broad SMARTS) is 1. The van der Waals surface area contributed by atoms with Crippen LogP contribution < -0.4 is 0 Å². The van der Waals surface area contributed by atoms with Gasteiger partial charge < -0.3 is 10.0 Å². The molecule has 0 spiro atoms. The molecule has 2 unspecified atom stereocenters. The predicted molar refractivity (Wildman–Crippen MR) is 65.2 cm³/mol. The van der Waals surface area contributed by atoms with Gasteiger partial charge in [0.05, 0.1) is 5.92 Å². The predicted octanol–water partition coefficient (Wildman–Crippen LogP) is 1.26. The highest BCUT2D eigenvalue weighted by Gasteiger charge is 2.37. The van der Waals surface area contributed by atoms with Crippen molar-refractivity contribution in [3.8, 4) is 0 Å². The number of hydrogen-bond donors (Lipinski definition) is 1. The Hall–Kier alpha value is -1.84. The molecule has 0 bridgehead atoms. The zero-order valence-corrected chi connectivity index (χ0v) is 10.0. The lowest BCUT2D eigenvalue weighted by molar-refractivity contribution is -0.141. The van der Waals surface area contributed by atoms with Gasteiger partial charge in [-0.1, -0.05) is 24.3 Å². The number of rotatable bonds is 3. The van der Waals surface area contributed by atoms with Crippen LogP contribution in [0.3, 0.4) is 0 Å². The molecule has 0 saturated carbocycles. The van der Waals surface area contributed by atoms with Gasteiger partial charge in [-0.3, -0.25) is 9.59 Å². The van der Waals surface area contributed by atoms with Crippen LogP contribution in [0.15, 0.2) is 24.3 Å². The van der Waals surface area contributed by atoms with Crippen LogP contribution in [0, 0.1) is 5.92 Å². The van der Waals surface area contributed by atoms with Crippen molar-refractivity contribution >= 4 is 11.9 Å². The minimum absolute atomic E-state index is 0.0215. The maximum absolute atomic E-state index is 11.7. The van der Waals surface area contributed by atoms with E-state index in [0.717, 1.165) is 6.42 Å². The maximum Gasteiger partial charge on any atom is 0.308 e. The summed E-state index contributed by atoms with van der Waals surface area (Å²) in [5, 5.41) is 8.93. The van der Waals surface area contributed by atoms with Gasteiger partial charge in [-0.05, 0) is 17.5 Å². The molecule has 1 aromatic carbocycles. The van der Waals surface area contributed by atoms with E-state index < -0.39 is 11.9 Å². The van der Waals surface area contributed by atoms with E-state index in [2.05, 4.69) is 12.1 Å². The zero-order valence-electron chi connectivity index (χ0n) is 10.0. The van der Waals surface area contributed by atoms with Gasteiger partial charge in [0.1, 0.15) is 0 Å². The summed E-state index contributed by atoms with van der Waals surface area (Å²) in [4.78, 5) is 24.3. The molecule has 1 aliphatic carbocycles. The summed E-state index contributed by atoms with van der Waals surface area (Å²) < 4.78 is 0. The monoisotopic (exact) mass is 245 g/mol. The number of benzene rings is 1. The Morgan fingerprint density at radius 3 is 2.78 bits per heavy atom. The molecule has 1 aromatic rings. The molecule has 4 heteroatoms. The summed E-state index contributed by atoms with van der Waals surface area (Å²) in [5.41, 5.74) is 2.66. The molecule has 2 aliphatic rings. The molecule has 2 atom stereocenters. The fourth-order valence-corrected chi connectivity index (χ4v) is 2.91. The molecular weight excluding hydrogens is 230 g/mol. The smallest absolute Gasteiger partial charge is 0.308 e. The first-order chi connectivity index (χ1) is 8.65. The molecule has 94 valence electrons. The Balaban J connectivity index is 1.66. The molecule has 3 rings (SSSR count). The number of fused-ring (bicyclic) bond motifs is 1. The van der Waals surface area contributed by atoms with Crippen molar-refractivity contribution in [1.82, 2.24) is 4.90 Å². The van der Waals surface area contributed by atoms with E-state index in [1.807, 2.05) is 12.1 Å².